The number of amides is 2. The summed E-state index contributed by atoms with van der Waals surface area (Å²) in [6, 6.07) is 43.6. The molecule has 6 heterocycles. The summed E-state index contributed by atoms with van der Waals surface area (Å²) in [5.74, 6) is 2.11. The zero-order valence-corrected chi connectivity index (χ0v) is 37.2. The molecule has 11 rings (SSSR count). The Labute approximate surface area is 381 Å². The van der Waals surface area contributed by atoms with Crippen LogP contribution in [0.3, 0.4) is 0 Å². The van der Waals surface area contributed by atoms with Crippen LogP contribution in [0.1, 0.15) is 109 Å². The normalized spacial score (nSPS) is 20.3. The Hall–Kier alpha value is -6.30. The molecule has 4 atom stereocenters. The third-order valence-corrected chi connectivity index (χ3v) is 14.4. The lowest BCUT2D eigenvalue weighted by atomic mass is 10.0. The van der Waals surface area contributed by atoms with Crippen LogP contribution in [0.2, 0.25) is 0 Å². The van der Waals surface area contributed by atoms with Crippen molar-refractivity contribution in [1.29, 1.82) is 0 Å². The number of nitrogens with one attached hydrogen (secondary N) is 2. The molecule has 11 nitrogen and oxygen atoms in total. The van der Waals surface area contributed by atoms with Gasteiger partial charge in [-0.25, -0.2) is 9.97 Å². The van der Waals surface area contributed by atoms with Gasteiger partial charge in [0.25, 0.3) is 0 Å². The van der Waals surface area contributed by atoms with E-state index in [4.69, 9.17) is 9.97 Å². The number of imidazole rings is 2. The lowest BCUT2D eigenvalue weighted by Crippen LogP contribution is -2.42. The minimum atomic E-state index is -0.263. The zero-order valence-electron chi connectivity index (χ0n) is 37.2. The van der Waals surface area contributed by atoms with Crippen LogP contribution >= 0.6 is 0 Å². The molecule has 4 aliphatic heterocycles. The number of carbonyl (C=O) groups excluding carboxylic acids is 2. The second kappa shape index (κ2) is 18.3. The fourth-order valence-corrected chi connectivity index (χ4v) is 11.2. The number of fused-ring (bicyclic) bond motifs is 2. The first-order chi connectivity index (χ1) is 32.0. The van der Waals surface area contributed by atoms with Crippen LogP contribution in [-0.4, -0.2) is 90.6 Å². The van der Waals surface area contributed by atoms with Crippen molar-refractivity contribution < 1.29 is 9.59 Å². The summed E-state index contributed by atoms with van der Waals surface area (Å²) in [4.78, 5) is 57.9. The summed E-state index contributed by atoms with van der Waals surface area (Å²) in [6.45, 7) is 6.69. The van der Waals surface area contributed by atoms with Crippen molar-refractivity contribution >= 4 is 39.6 Å². The van der Waals surface area contributed by atoms with Gasteiger partial charge in [-0.3, -0.25) is 19.4 Å². The van der Waals surface area contributed by atoms with Gasteiger partial charge in [0.15, 0.2) is 0 Å². The predicted molar refractivity (Wildman–Crippen MR) is 256 cm³/mol. The SMILES string of the molecule is O=C(C(c1ccccc1)N1CCCC1)N1CCCC1c1nc2ccc(CN(Cc3ccc4nc(C5CCCN5C(=O)C(c5ccccc5)N5CCCC5)[nH]c4c3)c3ccccc3)cc2[nH]1. The van der Waals surface area contributed by atoms with E-state index in [1.807, 2.05) is 36.4 Å². The highest BCUT2D eigenvalue weighted by molar-refractivity contribution is 5.85. The van der Waals surface area contributed by atoms with E-state index in [2.05, 4.69) is 125 Å². The van der Waals surface area contributed by atoms with E-state index in [1.165, 1.54) is 11.1 Å². The number of carbonyl (C=O) groups is 2. The van der Waals surface area contributed by atoms with E-state index in [1.54, 1.807) is 0 Å². The highest BCUT2D eigenvalue weighted by Crippen LogP contribution is 2.39. The van der Waals surface area contributed by atoms with Gasteiger partial charge in [0.05, 0.1) is 34.2 Å². The fourth-order valence-electron chi connectivity index (χ4n) is 11.2. The van der Waals surface area contributed by atoms with Crippen LogP contribution in [0.15, 0.2) is 127 Å². The third-order valence-electron chi connectivity index (χ3n) is 14.4. The van der Waals surface area contributed by atoms with Crippen molar-refractivity contribution in [3.05, 3.63) is 161 Å². The summed E-state index contributed by atoms with van der Waals surface area (Å²) >= 11 is 0. The molecule has 7 aromatic rings. The van der Waals surface area contributed by atoms with E-state index < -0.39 is 0 Å². The first kappa shape index (κ1) is 41.4. The molecule has 0 saturated carbocycles. The Bertz CT molecular complexity index is 2570. The molecule has 4 fully saturated rings. The molecule has 4 saturated heterocycles. The van der Waals surface area contributed by atoms with Gasteiger partial charge < -0.3 is 24.7 Å². The van der Waals surface area contributed by atoms with Gasteiger partial charge in [0.1, 0.15) is 23.7 Å². The highest BCUT2D eigenvalue weighted by atomic mass is 16.2. The second-order valence-electron chi connectivity index (χ2n) is 18.6. The average molecular weight is 866 g/mol. The number of likely N-dealkylation sites (tertiary alicyclic amines) is 4. The minimum Gasteiger partial charge on any atom is -0.363 e. The fraction of sp³-hybridized carbons (Fsp3) is 0.370. The number of aromatic amines is 2. The average Bonchev–Trinajstić information content (AvgIpc) is 4.21. The van der Waals surface area contributed by atoms with Gasteiger partial charge in [-0.2, -0.15) is 0 Å². The summed E-state index contributed by atoms with van der Waals surface area (Å²) in [7, 11) is 0. The quantitative estimate of drug-likeness (QED) is 0.119. The summed E-state index contributed by atoms with van der Waals surface area (Å²) < 4.78 is 0. The van der Waals surface area contributed by atoms with Crippen LogP contribution in [0.4, 0.5) is 5.69 Å². The first-order valence-electron chi connectivity index (χ1n) is 24.0. The largest absolute Gasteiger partial charge is 0.363 e. The van der Waals surface area contributed by atoms with E-state index in [9.17, 15) is 9.59 Å². The van der Waals surface area contributed by atoms with Gasteiger partial charge in [-0.15, -0.1) is 0 Å². The van der Waals surface area contributed by atoms with Crippen LogP contribution in [0.5, 0.6) is 0 Å². The van der Waals surface area contributed by atoms with E-state index in [0.717, 1.165) is 141 Å². The number of rotatable bonds is 13. The number of aromatic nitrogens is 4. The number of H-pyrrole nitrogens is 2. The number of benzene rings is 5. The van der Waals surface area contributed by atoms with Gasteiger partial charge in [-0.1, -0.05) is 91.0 Å². The molecule has 2 aromatic heterocycles. The van der Waals surface area contributed by atoms with Crippen molar-refractivity contribution in [3.8, 4) is 0 Å². The van der Waals surface area contributed by atoms with Gasteiger partial charge in [0.2, 0.25) is 11.8 Å². The number of nitrogens with zero attached hydrogens (tertiary/aromatic N) is 7. The third kappa shape index (κ3) is 8.43. The summed E-state index contributed by atoms with van der Waals surface area (Å²) in [6.07, 6.45) is 8.25. The molecule has 332 valence electrons. The smallest absolute Gasteiger partial charge is 0.245 e. The van der Waals surface area contributed by atoms with Crippen LogP contribution in [-0.2, 0) is 22.7 Å². The summed E-state index contributed by atoms with van der Waals surface area (Å²) in [5, 5.41) is 0. The van der Waals surface area contributed by atoms with E-state index in [0.29, 0.717) is 13.1 Å². The minimum absolute atomic E-state index is 0.0794. The lowest BCUT2D eigenvalue weighted by Gasteiger charge is -2.33. The van der Waals surface area contributed by atoms with Gasteiger partial charge in [0, 0.05) is 31.9 Å². The number of anilines is 1. The molecule has 0 spiro atoms. The monoisotopic (exact) mass is 865 g/mol. The number of para-hydroxylation sites is 1. The Morgan fingerprint density at radius 3 is 1.37 bits per heavy atom. The Morgan fingerprint density at radius 2 is 0.938 bits per heavy atom. The van der Waals surface area contributed by atoms with Gasteiger partial charge in [-0.05, 0) is 136 Å². The molecule has 0 aliphatic carbocycles. The molecule has 2 N–H and O–H groups in total. The second-order valence-corrected chi connectivity index (χ2v) is 18.6. The van der Waals surface area contributed by atoms with Crippen LogP contribution in [0.25, 0.3) is 22.1 Å². The molecule has 4 unspecified atom stereocenters. The molecule has 0 radical (unpaired) electrons. The maximum Gasteiger partial charge on any atom is 0.245 e. The van der Waals surface area contributed by atoms with Crippen LogP contribution < -0.4 is 4.90 Å². The Morgan fingerprint density at radius 1 is 0.523 bits per heavy atom. The van der Waals surface area contributed by atoms with Crippen molar-refractivity contribution in [2.45, 2.75) is 88.6 Å². The maximum absolute atomic E-state index is 14.5. The maximum atomic E-state index is 14.5. The van der Waals surface area contributed by atoms with Crippen molar-refractivity contribution in [2.24, 2.45) is 0 Å². The standard InChI is InChI=1S/C54H59N9O2/c64-53(49(59-28-10-11-29-59)40-16-4-1-5-17-40)62-32-14-22-47(62)51-55-43-26-24-38(34-45(43)57-51)36-61(42-20-8-3-9-21-42)37-39-25-27-44-46(35-39)58-52(56-44)48-23-15-33-63(48)54(65)50(60-30-12-13-31-60)41-18-6-2-7-19-41/h1-9,16-21,24-27,34-35,47-50H,10-15,22-23,28-33,36-37H2,(H,55,57)(H,56,58). The molecule has 0 bridgehead atoms. The van der Waals surface area contributed by atoms with Crippen molar-refractivity contribution in [2.75, 3.05) is 44.2 Å². The topological polar surface area (TPSA) is 108 Å². The zero-order chi connectivity index (χ0) is 43.7. The Balaban J connectivity index is 0.819. The summed E-state index contributed by atoms with van der Waals surface area (Å²) in [5.41, 5.74) is 9.46. The molecule has 4 aliphatic rings. The number of hydrogen-bond donors (Lipinski definition) is 2. The molecule has 5 aromatic carbocycles. The first-order valence-corrected chi connectivity index (χ1v) is 24.0. The molecule has 2 amide bonds. The van der Waals surface area contributed by atoms with Crippen LogP contribution in [0, 0.1) is 0 Å². The van der Waals surface area contributed by atoms with Gasteiger partial charge >= 0.3 is 0 Å². The van der Waals surface area contributed by atoms with E-state index >= 15 is 0 Å². The Kier molecular flexibility index (Phi) is 11.7. The molecular weight excluding hydrogens is 807 g/mol. The lowest BCUT2D eigenvalue weighted by molar-refractivity contribution is -0.138. The number of hydrogen-bond acceptors (Lipinski definition) is 7. The predicted octanol–water partition coefficient (Wildman–Crippen LogP) is 9.65. The van der Waals surface area contributed by atoms with Crippen molar-refractivity contribution in [1.82, 2.24) is 39.5 Å². The highest BCUT2D eigenvalue weighted by Gasteiger charge is 2.41. The molecular formula is C54H59N9O2. The molecule has 11 heteroatoms. The van der Waals surface area contributed by atoms with Crippen molar-refractivity contribution in [3.63, 3.8) is 0 Å². The molecule has 65 heavy (non-hydrogen) atoms. The van der Waals surface area contributed by atoms with E-state index in [-0.39, 0.29) is 36.0 Å².